The molecule has 0 radical (unpaired) electrons. The molecule has 0 saturated carbocycles. The van der Waals surface area contributed by atoms with Crippen molar-refractivity contribution in [3.8, 4) is 0 Å². The zero-order valence-electron chi connectivity index (χ0n) is 10.4. The Hall–Kier alpha value is -2.07. The Morgan fingerprint density at radius 3 is 3.06 bits per heavy atom. The second-order valence-corrected chi connectivity index (χ2v) is 4.48. The molecule has 0 fully saturated rings. The van der Waals surface area contributed by atoms with Crippen LogP contribution in [-0.4, -0.2) is 14.8 Å². The third-order valence-electron chi connectivity index (χ3n) is 3.09. The van der Waals surface area contributed by atoms with Gasteiger partial charge in [-0.25, -0.2) is 0 Å². The highest BCUT2D eigenvalue weighted by molar-refractivity contribution is 5.82. The molecule has 2 heterocycles. The summed E-state index contributed by atoms with van der Waals surface area (Å²) in [7, 11) is 1.93. The van der Waals surface area contributed by atoms with E-state index < -0.39 is 0 Å². The number of aromatic amines is 1. The van der Waals surface area contributed by atoms with Crippen LogP contribution in [0.15, 0.2) is 42.9 Å². The molecule has 3 aromatic rings. The number of aryl methyl sites for hydroxylation is 1. The fourth-order valence-electron chi connectivity index (χ4n) is 2.21. The van der Waals surface area contributed by atoms with E-state index in [1.165, 1.54) is 22.0 Å². The molecular formula is C14H16N4. The van der Waals surface area contributed by atoms with Crippen LogP contribution in [0.2, 0.25) is 0 Å². The first kappa shape index (κ1) is 11.0. The van der Waals surface area contributed by atoms with Gasteiger partial charge >= 0.3 is 0 Å². The molecule has 0 amide bonds. The molecule has 0 saturated heterocycles. The van der Waals surface area contributed by atoms with Gasteiger partial charge in [0.1, 0.15) is 0 Å². The van der Waals surface area contributed by atoms with Crippen LogP contribution in [0.1, 0.15) is 11.1 Å². The average Bonchev–Trinajstić information content (AvgIpc) is 2.98. The molecule has 1 aromatic carbocycles. The van der Waals surface area contributed by atoms with Gasteiger partial charge in [-0.1, -0.05) is 12.1 Å². The first-order valence-electron chi connectivity index (χ1n) is 6.06. The lowest BCUT2D eigenvalue weighted by Crippen LogP contribution is -2.12. The molecule has 18 heavy (non-hydrogen) atoms. The van der Waals surface area contributed by atoms with Crippen molar-refractivity contribution >= 4 is 10.9 Å². The summed E-state index contributed by atoms with van der Waals surface area (Å²) >= 11 is 0. The first-order valence-corrected chi connectivity index (χ1v) is 6.06. The summed E-state index contributed by atoms with van der Waals surface area (Å²) < 4.78 is 1.82. The highest BCUT2D eigenvalue weighted by atomic mass is 15.2. The van der Waals surface area contributed by atoms with E-state index in [1.54, 1.807) is 0 Å². The van der Waals surface area contributed by atoms with Crippen molar-refractivity contribution in [3.05, 3.63) is 54.0 Å². The summed E-state index contributed by atoms with van der Waals surface area (Å²) in [5.74, 6) is 0. The number of hydrogen-bond acceptors (Lipinski definition) is 2. The third-order valence-corrected chi connectivity index (χ3v) is 3.09. The minimum atomic E-state index is 0.842. The van der Waals surface area contributed by atoms with Gasteiger partial charge in [0.05, 0.1) is 6.20 Å². The molecule has 3 rings (SSSR count). The molecule has 4 nitrogen and oxygen atoms in total. The second kappa shape index (κ2) is 4.66. The number of aromatic nitrogens is 3. The highest BCUT2D eigenvalue weighted by Gasteiger charge is 2.01. The summed E-state index contributed by atoms with van der Waals surface area (Å²) in [6.07, 6.45) is 5.91. The van der Waals surface area contributed by atoms with Crippen molar-refractivity contribution in [2.75, 3.05) is 0 Å². The minimum Gasteiger partial charge on any atom is -0.361 e. The maximum atomic E-state index is 4.16. The van der Waals surface area contributed by atoms with Crippen LogP contribution < -0.4 is 5.32 Å². The Morgan fingerprint density at radius 2 is 2.22 bits per heavy atom. The molecule has 92 valence electrons. The van der Waals surface area contributed by atoms with Gasteiger partial charge in [0.2, 0.25) is 0 Å². The van der Waals surface area contributed by atoms with Crippen LogP contribution in [-0.2, 0) is 20.1 Å². The molecule has 0 atom stereocenters. The van der Waals surface area contributed by atoms with Crippen LogP contribution >= 0.6 is 0 Å². The van der Waals surface area contributed by atoms with Crippen molar-refractivity contribution in [2.24, 2.45) is 7.05 Å². The van der Waals surface area contributed by atoms with Gasteiger partial charge in [-0.2, -0.15) is 5.10 Å². The Balaban J connectivity index is 1.68. The predicted octanol–water partition coefficient (Wildman–Crippen LogP) is 2.19. The fraction of sp³-hybridized carbons (Fsp3) is 0.214. The van der Waals surface area contributed by atoms with Crippen LogP contribution in [0.3, 0.4) is 0 Å². The number of hydrogen-bond donors (Lipinski definition) is 2. The van der Waals surface area contributed by atoms with E-state index in [0.29, 0.717) is 0 Å². The smallest absolute Gasteiger partial charge is 0.0534 e. The monoisotopic (exact) mass is 240 g/mol. The van der Waals surface area contributed by atoms with E-state index >= 15 is 0 Å². The largest absolute Gasteiger partial charge is 0.361 e. The predicted molar refractivity (Wildman–Crippen MR) is 72.1 cm³/mol. The lowest BCUT2D eigenvalue weighted by molar-refractivity contribution is 0.695. The van der Waals surface area contributed by atoms with Crippen LogP contribution in [0.25, 0.3) is 10.9 Å². The molecule has 0 aliphatic heterocycles. The van der Waals surface area contributed by atoms with E-state index in [0.717, 1.165) is 13.1 Å². The van der Waals surface area contributed by atoms with E-state index in [-0.39, 0.29) is 0 Å². The number of H-pyrrole nitrogens is 1. The number of rotatable bonds is 4. The maximum Gasteiger partial charge on any atom is 0.0534 e. The maximum absolute atomic E-state index is 4.16. The van der Waals surface area contributed by atoms with Gasteiger partial charge in [0.15, 0.2) is 0 Å². The summed E-state index contributed by atoms with van der Waals surface area (Å²) in [5.41, 5.74) is 3.71. The summed E-state index contributed by atoms with van der Waals surface area (Å²) in [6, 6.07) is 8.46. The number of fused-ring (bicyclic) bond motifs is 1. The van der Waals surface area contributed by atoms with Crippen LogP contribution in [0.4, 0.5) is 0 Å². The molecular weight excluding hydrogens is 224 g/mol. The molecule has 2 N–H and O–H groups in total. The van der Waals surface area contributed by atoms with Crippen molar-refractivity contribution < 1.29 is 0 Å². The quantitative estimate of drug-likeness (QED) is 0.734. The SMILES string of the molecule is Cn1cc(CNCc2cccc3[nH]ccc23)cn1. The van der Waals surface area contributed by atoms with E-state index in [4.69, 9.17) is 0 Å². The Bertz CT molecular complexity index is 650. The third kappa shape index (κ3) is 2.15. The summed E-state index contributed by atoms with van der Waals surface area (Å²) in [6.45, 7) is 1.71. The number of nitrogens with one attached hydrogen (secondary N) is 2. The van der Waals surface area contributed by atoms with Gasteiger partial charge in [-0.3, -0.25) is 4.68 Å². The Morgan fingerprint density at radius 1 is 1.28 bits per heavy atom. The van der Waals surface area contributed by atoms with Crippen molar-refractivity contribution in [3.63, 3.8) is 0 Å². The molecule has 0 aliphatic carbocycles. The van der Waals surface area contributed by atoms with Gasteiger partial charge in [-0.05, 0) is 17.7 Å². The second-order valence-electron chi connectivity index (χ2n) is 4.48. The Labute approximate surface area is 106 Å². The van der Waals surface area contributed by atoms with Crippen molar-refractivity contribution in [2.45, 2.75) is 13.1 Å². The minimum absolute atomic E-state index is 0.842. The molecule has 0 aliphatic rings. The molecule has 0 spiro atoms. The molecule has 0 unspecified atom stereocenters. The molecule has 2 aromatic heterocycles. The first-order chi connectivity index (χ1) is 8.83. The summed E-state index contributed by atoms with van der Waals surface area (Å²) in [5, 5.41) is 8.89. The number of benzene rings is 1. The van der Waals surface area contributed by atoms with Gasteiger partial charge in [-0.15, -0.1) is 0 Å². The standard InChI is InChI=1S/C14H16N4/c1-18-10-11(8-17-18)7-15-9-12-3-2-4-14-13(12)5-6-16-14/h2-6,8,10,15-16H,7,9H2,1H3. The Kier molecular flexibility index (Phi) is 2.86. The fourth-order valence-corrected chi connectivity index (χ4v) is 2.21. The normalized spacial score (nSPS) is 11.2. The zero-order chi connectivity index (χ0) is 12.4. The molecule has 0 bridgehead atoms. The van der Waals surface area contributed by atoms with E-state index in [2.05, 4.69) is 39.7 Å². The van der Waals surface area contributed by atoms with Crippen molar-refractivity contribution in [1.29, 1.82) is 0 Å². The van der Waals surface area contributed by atoms with Crippen LogP contribution in [0.5, 0.6) is 0 Å². The molecule has 4 heteroatoms. The van der Waals surface area contributed by atoms with Gasteiger partial charge in [0.25, 0.3) is 0 Å². The van der Waals surface area contributed by atoms with Crippen molar-refractivity contribution in [1.82, 2.24) is 20.1 Å². The average molecular weight is 240 g/mol. The highest BCUT2D eigenvalue weighted by Crippen LogP contribution is 2.17. The van der Waals surface area contributed by atoms with Gasteiger partial charge in [0, 0.05) is 49.0 Å². The lowest BCUT2D eigenvalue weighted by Gasteiger charge is -2.05. The van der Waals surface area contributed by atoms with E-state index in [9.17, 15) is 0 Å². The van der Waals surface area contributed by atoms with E-state index in [1.807, 2.05) is 30.3 Å². The zero-order valence-corrected chi connectivity index (χ0v) is 10.4. The van der Waals surface area contributed by atoms with Gasteiger partial charge < -0.3 is 10.3 Å². The lowest BCUT2D eigenvalue weighted by atomic mass is 10.1. The number of nitrogens with zero attached hydrogens (tertiary/aromatic N) is 2. The topological polar surface area (TPSA) is 45.6 Å². The summed E-state index contributed by atoms with van der Waals surface area (Å²) in [4.78, 5) is 3.23. The van der Waals surface area contributed by atoms with Crippen LogP contribution in [0, 0.1) is 0 Å².